The van der Waals surface area contributed by atoms with Gasteiger partial charge in [0.25, 0.3) is 0 Å². The number of hydrogen-bond donors (Lipinski definition) is 1. The van der Waals surface area contributed by atoms with Crippen molar-refractivity contribution >= 4 is 17.1 Å². The molecule has 0 saturated heterocycles. The van der Waals surface area contributed by atoms with Crippen LogP contribution in [0.25, 0.3) is 0 Å². The molecule has 0 unspecified atom stereocenters. The zero-order valence-corrected chi connectivity index (χ0v) is 4.57. The van der Waals surface area contributed by atoms with Crippen molar-refractivity contribution in [3.8, 4) is 0 Å². The van der Waals surface area contributed by atoms with Gasteiger partial charge in [0, 0.05) is 5.75 Å². The maximum atomic E-state index is 9.67. The molecule has 40 valence electrons. The Bertz CT molecular complexity index is 79.8. The van der Waals surface area contributed by atoms with Crippen molar-refractivity contribution in [1.82, 2.24) is 0 Å². The van der Waals surface area contributed by atoms with E-state index < -0.39 is 5.30 Å². The van der Waals surface area contributed by atoms with Crippen molar-refractivity contribution in [3.05, 3.63) is 12.7 Å². The summed E-state index contributed by atoms with van der Waals surface area (Å²) in [6, 6.07) is 0. The average molecular weight is 118 g/mol. The highest BCUT2D eigenvalue weighted by atomic mass is 32.2. The zero-order valence-electron chi connectivity index (χ0n) is 3.76. The fraction of sp³-hybridized carbons (Fsp3) is 0.250. The summed E-state index contributed by atoms with van der Waals surface area (Å²) in [7, 11) is 0. The second-order valence-electron chi connectivity index (χ2n) is 0.866. The van der Waals surface area contributed by atoms with Gasteiger partial charge < -0.3 is 5.11 Å². The van der Waals surface area contributed by atoms with Crippen molar-refractivity contribution in [2.75, 3.05) is 5.75 Å². The van der Waals surface area contributed by atoms with Crippen molar-refractivity contribution in [3.63, 3.8) is 0 Å². The Morgan fingerprint density at radius 1 is 2.00 bits per heavy atom. The van der Waals surface area contributed by atoms with Gasteiger partial charge in [0.2, 0.25) is 0 Å². The van der Waals surface area contributed by atoms with Gasteiger partial charge in [-0.3, -0.25) is 0 Å². The van der Waals surface area contributed by atoms with Crippen molar-refractivity contribution in [2.24, 2.45) is 0 Å². The van der Waals surface area contributed by atoms with Crippen molar-refractivity contribution in [1.29, 1.82) is 0 Å². The quantitative estimate of drug-likeness (QED) is 0.559. The van der Waals surface area contributed by atoms with Crippen LogP contribution in [0.1, 0.15) is 0 Å². The Hall–Kier alpha value is -0.440. The molecule has 2 nitrogen and oxygen atoms in total. The van der Waals surface area contributed by atoms with Gasteiger partial charge in [0.05, 0.1) is 0 Å². The monoisotopic (exact) mass is 118 g/mol. The van der Waals surface area contributed by atoms with Gasteiger partial charge in [-0.2, -0.15) is 0 Å². The molecule has 3 heteroatoms. The van der Waals surface area contributed by atoms with E-state index in [1.54, 1.807) is 6.08 Å². The molecule has 0 radical (unpaired) electrons. The minimum atomic E-state index is -0.847. The van der Waals surface area contributed by atoms with Gasteiger partial charge in [-0.1, -0.05) is 6.08 Å². The van der Waals surface area contributed by atoms with Crippen LogP contribution < -0.4 is 0 Å². The maximum Gasteiger partial charge on any atom is 0.365 e. The Balaban J connectivity index is 2.97. The van der Waals surface area contributed by atoms with Crippen LogP contribution in [-0.2, 0) is 0 Å². The third-order valence-corrected chi connectivity index (χ3v) is 0.974. The Morgan fingerprint density at radius 3 is 2.71 bits per heavy atom. The van der Waals surface area contributed by atoms with Crippen LogP contribution in [0, 0.1) is 0 Å². The molecular formula is C4H6O2S. The minimum absolute atomic E-state index is 0.481. The summed E-state index contributed by atoms with van der Waals surface area (Å²) < 4.78 is 0. The van der Waals surface area contributed by atoms with Gasteiger partial charge in [-0.25, -0.2) is 4.79 Å². The molecule has 0 aromatic rings. The molecule has 0 aliphatic carbocycles. The SMILES string of the molecule is C=CCSC(=O)O. The molecule has 0 bridgehead atoms. The summed E-state index contributed by atoms with van der Waals surface area (Å²) in [6.45, 7) is 3.35. The van der Waals surface area contributed by atoms with Crippen LogP contribution in [0.2, 0.25) is 0 Å². The van der Waals surface area contributed by atoms with E-state index in [2.05, 4.69) is 6.58 Å². The Labute approximate surface area is 46.2 Å². The predicted octanol–water partition coefficient (Wildman–Crippen LogP) is 1.58. The first-order valence-electron chi connectivity index (χ1n) is 1.74. The fourth-order valence-electron chi connectivity index (χ4n) is 0.130. The van der Waals surface area contributed by atoms with Gasteiger partial charge in [0.15, 0.2) is 0 Å². The second-order valence-corrected chi connectivity index (χ2v) is 1.84. The topological polar surface area (TPSA) is 37.3 Å². The summed E-state index contributed by atoms with van der Waals surface area (Å²) in [5.74, 6) is 0.481. The van der Waals surface area contributed by atoms with Crippen LogP contribution in [0.15, 0.2) is 12.7 Å². The summed E-state index contributed by atoms with van der Waals surface area (Å²) >= 11 is 0.830. The lowest BCUT2D eigenvalue weighted by Crippen LogP contribution is -1.82. The van der Waals surface area contributed by atoms with E-state index in [0.717, 1.165) is 11.8 Å². The van der Waals surface area contributed by atoms with Gasteiger partial charge in [-0.15, -0.1) is 6.58 Å². The molecule has 0 amide bonds. The summed E-state index contributed by atoms with van der Waals surface area (Å²) in [5, 5.41) is 7.11. The van der Waals surface area contributed by atoms with Gasteiger partial charge in [0.1, 0.15) is 0 Å². The van der Waals surface area contributed by atoms with Crippen molar-refractivity contribution < 1.29 is 9.90 Å². The normalized spacial score (nSPS) is 8.00. The Kier molecular flexibility index (Phi) is 3.50. The lowest BCUT2D eigenvalue weighted by Gasteiger charge is -1.81. The first-order chi connectivity index (χ1) is 3.27. The smallest absolute Gasteiger partial charge is 0.365 e. The molecular weight excluding hydrogens is 112 g/mol. The first-order valence-corrected chi connectivity index (χ1v) is 2.72. The first kappa shape index (κ1) is 6.56. The van der Waals surface area contributed by atoms with Gasteiger partial charge in [-0.05, 0) is 11.8 Å². The molecule has 0 aromatic heterocycles. The second kappa shape index (κ2) is 3.74. The molecule has 0 spiro atoms. The van der Waals surface area contributed by atoms with E-state index in [9.17, 15) is 4.79 Å². The molecule has 0 aromatic carbocycles. The summed E-state index contributed by atoms with van der Waals surface area (Å²) in [6.07, 6.45) is 1.55. The van der Waals surface area contributed by atoms with Crippen LogP contribution in [0.5, 0.6) is 0 Å². The minimum Gasteiger partial charge on any atom is -0.473 e. The highest BCUT2D eigenvalue weighted by molar-refractivity contribution is 8.13. The highest BCUT2D eigenvalue weighted by Crippen LogP contribution is 1.98. The largest absolute Gasteiger partial charge is 0.473 e. The number of carboxylic acid groups (broad SMARTS) is 1. The summed E-state index contributed by atoms with van der Waals surface area (Å²) in [5.41, 5.74) is 0. The van der Waals surface area contributed by atoms with Crippen LogP contribution in [0.3, 0.4) is 0 Å². The highest BCUT2D eigenvalue weighted by Gasteiger charge is 1.89. The molecule has 0 saturated carbocycles. The zero-order chi connectivity index (χ0) is 5.70. The molecule has 0 atom stereocenters. The lowest BCUT2D eigenvalue weighted by atomic mass is 10.8. The molecule has 1 N–H and O–H groups in total. The standard InChI is InChI=1S/C4H6O2S/c1-2-3-7-4(5)6/h2H,1,3H2,(H,5,6). The van der Waals surface area contributed by atoms with E-state index in [4.69, 9.17) is 5.11 Å². The molecule has 7 heavy (non-hydrogen) atoms. The van der Waals surface area contributed by atoms with Gasteiger partial charge >= 0.3 is 5.30 Å². The third-order valence-electron chi connectivity index (χ3n) is 0.325. The predicted molar refractivity (Wildman–Crippen MR) is 30.7 cm³/mol. The van der Waals surface area contributed by atoms with Crippen LogP contribution in [-0.4, -0.2) is 16.2 Å². The number of hydrogen-bond acceptors (Lipinski definition) is 2. The molecule has 0 fully saturated rings. The molecule has 0 aliphatic rings. The van der Waals surface area contributed by atoms with E-state index >= 15 is 0 Å². The molecule has 0 heterocycles. The van der Waals surface area contributed by atoms with E-state index in [-0.39, 0.29) is 0 Å². The van der Waals surface area contributed by atoms with E-state index in [1.165, 1.54) is 0 Å². The van der Waals surface area contributed by atoms with Crippen molar-refractivity contribution in [2.45, 2.75) is 0 Å². The molecule has 0 aliphatic heterocycles. The Morgan fingerprint density at radius 2 is 2.57 bits per heavy atom. The lowest BCUT2D eigenvalue weighted by molar-refractivity contribution is 0.222. The average Bonchev–Trinajstić information content (AvgIpc) is 1.61. The number of rotatable bonds is 2. The number of thioether (sulfide) groups is 1. The fourth-order valence-corrected chi connectivity index (χ4v) is 0.391. The van der Waals surface area contributed by atoms with Crippen LogP contribution >= 0.6 is 11.8 Å². The maximum absolute atomic E-state index is 9.67. The van der Waals surface area contributed by atoms with E-state index in [1.807, 2.05) is 0 Å². The summed E-state index contributed by atoms with van der Waals surface area (Å²) in [4.78, 5) is 9.67. The number of carbonyl (C=O) groups is 1. The van der Waals surface area contributed by atoms with Crippen LogP contribution in [0.4, 0.5) is 4.79 Å². The van der Waals surface area contributed by atoms with E-state index in [0.29, 0.717) is 5.75 Å². The molecule has 0 rings (SSSR count). The third kappa shape index (κ3) is 5.56.